The van der Waals surface area contributed by atoms with Gasteiger partial charge < -0.3 is 0 Å². The Morgan fingerprint density at radius 1 is 0.929 bits per heavy atom. The first-order valence-corrected chi connectivity index (χ1v) is 6.77. The Bertz CT molecular complexity index is 212. The van der Waals surface area contributed by atoms with Crippen LogP contribution in [0.4, 0.5) is 0 Å². The molecule has 84 valence electrons. The molecule has 0 amide bonds. The quantitative estimate of drug-likeness (QED) is 0.675. The molecule has 0 atom stereocenters. The summed E-state index contributed by atoms with van der Waals surface area (Å²) in [5.74, 6) is 0. The van der Waals surface area contributed by atoms with Crippen LogP contribution in [0.25, 0.3) is 0 Å². The molecule has 0 aromatic carbocycles. The second-order valence-corrected chi connectivity index (χ2v) is 7.41. The molecule has 0 unspecified atom stereocenters. The number of nitrogens with zero attached hydrogens (tertiary/aromatic N) is 3. The summed E-state index contributed by atoms with van der Waals surface area (Å²) in [4.78, 5) is 0. The Hall–Kier alpha value is 0.110. The molecule has 1 rings (SSSR count). The van der Waals surface area contributed by atoms with Crippen LogP contribution in [0, 0.1) is 0 Å². The van der Waals surface area contributed by atoms with Crippen molar-refractivity contribution >= 4 is 7.59 Å². The molecule has 0 bridgehead atoms. The van der Waals surface area contributed by atoms with E-state index in [-0.39, 0.29) is 0 Å². The summed E-state index contributed by atoms with van der Waals surface area (Å²) in [7, 11) is 5.15. The zero-order valence-corrected chi connectivity index (χ0v) is 10.6. The molecule has 0 radical (unpaired) electrons. The molecule has 0 saturated carbocycles. The van der Waals surface area contributed by atoms with E-state index in [0.29, 0.717) is 0 Å². The topological polar surface area (TPSA) is 26.8 Å². The summed E-state index contributed by atoms with van der Waals surface area (Å²) in [5, 5.41) is 0. The van der Waals surface area contributed by atoms with Gasteiger partial charge >= 0.3 is 0 Å². The molecular formula is C9H22N3OP. The van der Waals surface area contributed by atoms with Gasteiger partial charge in [0.1, 0.15) is 0 Å². The summed E-state index contributed by atoms with van der Waals surface area (Å²) in [6, 6.07) is 0. The van der Waals surface area contributed by atoms with Crippen LogP contribution in [0.15, 0.2) is 0 Å². The van der Waals surface area contributed by atoms with E-state index in [1.807, 2.05) is 37.5 Å². The molecule has 0 aromatic heterocycles. The lowest BCUT2D eigenvalue weighted by Gasteiger charge is -2.41. The molecule has 0 aliphatic carbocycles. The van der Waals surface area contributed by atoms with Crippen molar-refractivity contribution in [3.8, 4) is 0 Å². The SMILES string of the molecule is CN(C)P(=O)(N(C)C)N1CCCCC1. The number of piperidine rings is 1. The zero-order valence-electron chi connectivity index (χ0n) is 9.73. The molecule has 4 nitrogen and oxygen atoms in total. The van der Waals surface area contributed by atoms with Gasteiger partial charge in [0.25, 0.3) is 7.59 Å². The molecular weight excluding hydrogens is 197 g/mol. The number of hydrogen-bond donors (Lipinski definition) is 0. The normalized spacial score (nSPS) is 20.7. The lowest BCUT2D eigenvalue weighted by atomic mass is 10.2. The lowest BCUT2D eigenvalue weighted by Crippen LogP contribution is -2.37. The minimum Gasteiger partial charge on any atom is -0.270 e. The summed E-state index contributed by atoms with van der Waals surface area (Å²) >= 11 is 0. The Morgan fingerprint density at radius 3 is 1.71 bits per heavy atom. The fourth-order valence-corrected chi connectivity index (χ4v) is 4.53. The van der Waals surface area contributed by atoms with Gasteiger partial charge in [-0.05, 0) is 41.0 Å². The van der Waals surface area contributed by atoms with Crippen molar-refractivity contribution in [2.75, 3.05) is 41.3 Å². The highest BCUT2D eigenvalue weighted by molar-refractivity contribution is 7.56. The third-order valence-electron chi connectivity index (χ3n) is 2.74. The van der Waals surface area contributed by atoms with Crippen molar-refractivity contribution < 1.29 is 4.57 Å². The monoisotopic (exact) mass is 219 g/mol. The van der Waals surface area contributed by atoms with Crippen molar-refractivity contribution in [2.24, 2.45) is 0 Å². The fourth-order valence-electron chi connectivity index (χ4n) is 2.00. The van der Waals surface area contributed by atoms with Crippen LogP contribution in [0.3, 0.4) is 0 Å². The molecule has 1 aliphatic rings. The smallest absolute Gasteiger partial charge is 0.270 e. The molecule has 1 saturated heterocycles. The van der Waals surface area contributed by atoms with Crippen LogP contribution in [0.1, 0.15) is 19.3 Å². The van der Waals surface area contributed by atoms with Crippen molar-refractivity contribution in [3.63, 3.8) is 0 Å². The number of rotatable bonds is 3. The zero-order chi connectivity index (χ0) is 10.8. The minimum atomic E-state index is -2.44. The van der Waals surface area contributed by atoms with Crippen molar-refractivity contribution in [2.45, 2.75) is 19.3 Å². The van der Waals surface area contributed by atoms with Crippen LogP contribution < -0.4 is 0 Å². The van der Waals surface area contributed by atoms with E-state index in [1.165, 1.54) is 19.3 Å². The highest BCUT2D eigenvalue weighted by Gasteiger charge is 2.35. The highest BCUT2D eigenvalue weighted by Crippen LogP contribution is 2.53. The standard InChI is InChI=1S/C9H22N3OP/c1-10(2)14(13,11(3)4)12-8-6-5-7-9-12/h5-9H2,1-4H3. The van der Waals surface area contributed by atoms with E-state index in [9.17, 15) is 4.57 Å². The molecule has 0 N–H and O–H groups in total. The van der Waals surface area contributed by atoms with Crippen LogP contribution in [-0.4, -0.2) is 55.3 Å². The molecule has 0 aromatic rings. The van der Waals surface area contributed by atoms with E-state index < -0.39 is 7.59 Å². The molecule has 1 aliphatic heterocycles. The summed E-state index contributed by atoms with van der Waals surface area (Å²) < 4.78 is 18.6. The molecule has 14 heavy (non-hydrogen) atoms. The lowest BCUT2D eigenvalue weighted by molar-refractivity contribution is 0.290. The van der Waals surface area contributed by atoms with Gasteiger partial charge in [-0.2, -0.15) is 0 Å². The van der Waals surface area contributed by atoms with E-state index in [1.54, 1.807) is 0 Å². The average Bonchev–Trinajstić information content (AvgIpc) is 2.17. The third kappa shape index (κ3) is 2.19. The van der Waals surface area contributed by atoms with Gasteiger partial charge in [-0.25, -0.2) is 14.0 Å². The van der Waals surface area contributed by atoms with Crippen molar-refractivity contribution in [1.82, 2.24) is 14.0 Å². The van der Waals surface area contributed by atoms with Gasteiger partial charge in [0.05, 0.1) is 0 Å². The van der Waals surface area contributed by atoms with E-state index >= 15 is 0 Å². The van der Waals surface area contributed by atoms with Crippen molar-refractivity contribution in [3.05, 3.63) is 0 Å². The molecule has 0 spiro atoms. The van der Waals surface area contributed by atoms with E-state index in [0.717, 1.165) is 13.1 Å². The fraction of sp³-hybridized carbons (Fsp3) is 1.00. The van der Waals surface area contributed by atoms with Crippen LogP contribution >= 0.6 is 7.59 Å². The van der Waals surface area contributed by atoms with Crippen LogP contribution in [0.5, 0.6) is 0 Å². The maximum atomic E-state index is 12.7. The van der Waals surface area contributed by atoms with Gasteiger partial charge in [-0.1, -0.05) is 6.42 Å². The molecule has 5 heteroatoms. The van der Waals surface area contributed by atoms with Gasteiger partial charge in [0.15, 0.2) is 0 Å². The van der Waals surface area contributed by atoms with Gasteiger partial charge in [0.2, 0.25) is 0 Å². The van der Waals surface area contributed by atoms with E-state index in [2.05, 4.69) is 4.67 Å². The van der Waals surface area contributed by atoms with Crippen LogP contribution in [-0.2, 0) is 4.57 Å². The predicted molar refractivity (Wildman–Crippen MR) is 60.4 cm³/mol. The highest BCUT2D eigenvalue weighted by atomic mass is 31.2. The first-order valence-electron chi connectivity index (χ1n) is 5.20. The first kappa shape index (κ1) is 12.2. The predicted octanol–water partition coefficient (Wildman–Crippen LogP) is 1.70. The Morgan fingerprint density at radius 2 is 1.36 bits per heavy atom. The molecule has 1 fully saturated rings. The summed E-state index contributed by atoms with van der Waals surface area (Å²) in [6.45, 7) is 1.93. The Labute approximate surface area is 87.4 Å². The third-order valence-corrected chi connectivity index (χ3v) is 5.96. The van der Waals surface area contributed by atoms with Crippen LogP contribution in [0.2, 0.25) is 0 Å². The maximum Gasteiger partial charge on any atom is 0.285 e. The van der Waals surface area contributed by atoms with E-state index in [4.69, 9.17) is 0 Å². The Kier molecular flexibility index (Phi) is 4.14. The van der Waals surface area contributed by atoms with Gasteiger partial charge in [-0.15, -0.1) is 0 Å². The maximum absolute atomic E-state index is 12.7. The second kappa shape index (κ2) is 4.75. The summed E-state index contributed by atoms with van der Waals surface area (Å²) in [5.41, 5.74) is 0. The van der Waals surface area contributed by atoms with Gasteiger partial charge in [-0.3, -0.25) is 4.57 Å². The summed E-state index contributed by atoms with van der Waals surface area (Å²) in [6.07, 6.45) is 3.62. The second-order valence-electron chi connectivity index (χ2n) is 4.22. The Balaban J connectivity index is 2.81. The minimum absolute atomic E-state index is 0.966. The first-order chi connectivity index (χ1) is 6.49. The van der Waals surface area contributed by atoms with Crippen molar-refractivity contribution in [1.29, 1.82) is 0 Å². The number of hydrogen-bond acceptors (Lipinski definition) is 1. The largest absolute Gasteiger partial charge is 0.285 e. The average molecular weight is 219 g/mol. The molecule has 1 heterocycles. The van der Waals surface area contributed by atoms with Gasteiger partial charge in [0, 0.05) is 13.1 Å².